The Balaban J connectivity index is 2.07. The molecule has 0 spiro atoms. The topological polar surface area (TPSA) is 97.3 Å². The molecular weight excluding hydrogens is 250 g/mol. The van der Waals surface area contributed by atoms with E-state index in [1.807, 2.05) is 0 Å². The van der Waals surface area contributed by atoms with Gasteiger partial charge in [-0.2, -0.15) is 0 Å². The smallest absolute Gasteiger partial charge is 0.267 e. The van der Waals surface area contributed by atoms with Crippen LogP contribution in [0.15, 0.2) is 0 Å². The Bertz CT molecular complexity index is 433. The summed E-state index contributed by atoms with van der Waals surface area (Å²) in [6.45, 7) is 4.21. The first-order chi connectivity index (χ1) is 8.61. The molecule has 0 bridgehead atoms. The highest BCUT2D eigenvalue weighted by Gasteiger charge is 2.27. The van der Waals surface area contributed by atoms with E-state index in [2.05, 4.69) is 17.2 Å². The number of thiazole rings is 1. The summed E-state index contributed by atoms with van der Waals surface area (Å²) in [7, 11) is 0. The molecule has 1 aliphatic heterocycles. The fourth-order valence-corrected chi connectivity index (χ4v) is 2.79. The maximum absolute atomic E-state index is 12.2. The number of aromatic nitrogens is 1. The number of hydrogen-bond donors (Lipinski definition) is 3. The molecule has 2 heterocycles. The summed E-state index contributed by atoms with van der Waals surface area (Å²) < 4.78 is 0. The van der Waals surface area contributed by atoms with E-state index in [0.717, 1.165) is 19.4 Å². The molecule has 7 heteroatoms. The highest BCUT2D eigenvalue weighted by atomic mass is 32.1. The standard InChI is InChI=1S/C11H19N5OS/c1-2-4-14-11-15-9(13)8(18-11)10(17)16-5-3-7(12)6-16/h7H,2-6,12-13H2,1H3,(H,14,15). The first kappa shape index (κ1) is 13.1. The van der Waals surface area contributed by atoms with Gasteiger partial charge in [0.1, 0.15) is 10.7 Å². The van der Waals surface area contributed by atoms with E-state index in [9.17, 15) is 4.79 Å². The Kier molecular flexibility index (Phi) is 4.03. The average Bonchev–Trinajstić information content (AvgIpc) is 2.92. The van der Waals surface area contributed by atoms with Crippen molar-refractivity contribution in [2.24, 2.45) is 5.73 Å². The van der Waals surface area contributed by atoms with Crippen LogP contribution in [-0.2, 0) is 0 Å². The number of rotatable bonds is 4. The predicted molar refractivity (Wildman–Crippen MR) is 73.8 cm³/mol. The van der Waals surface area contributed by atoms with Crippen LogP contribution < -0.4 is 16.8 Å². The minimum Gasteiger partial charge on any atom is -0.382 e. The van der Waals surface area contributed by atoms with Gasteiger partial charge in [-0.1, -0.05) is 18.3 Å². The lowest BCUT2D eigenvalue weighted by Gasteiger charge is -2.14. The van der Waals surface area contributed by atoms with Gasteiger partial charge in [0.05, 0.1) is 0 Å². The fourth-order valence-electron chi connectivity index (χ4n) is 1.91. The van der Waals surface area contributed by atoms with Gasteiger partial charge in [0, 0.05) is 25.7 Å². The van der Waals surface area contributed by atoms with Gasteiger partial charge in [-0.3, -0.25) is 4.79 Å². The van der Waals surface area contributed by atoms with Crippen molar-refractivity contribution in [1.82, 2.24) is 9.88 Å². The molecule has 1 atom stereocenters. The van der Waals surface area contributed by atoms with E-state index in [0.29, 0.717) is 28.9 Å². The summed E-state index contributed by atoms with van der Waals surface area (Å²) in [6.07, 6.45) is 1.86. The molecule has 0 aliphatic carbocycles. The molecule has 1 fully saturated rings. The van der Waals surface area contributed by atoms with Crippen molar-refractivity contribution in [2.45, 2.75) is 25.8 Å². The average molecular weight is 269 g/mol. The normalized spacial score (nSPS) is 19.2. The fraction of sp³-hybridized carbons (Fsp3) is 0.636. The summed E-state index contributed by atoms with van der Waals surface area (Å²) in [5.41, 5.74) is 11.6. The van der Waals surface area contributed by atoms with Crippen molar-refractivity contribution in [3.63, 3.8) is 0 Å². The Morgan fingerprint density at radius 2 is 2.44 bits per heavy atom. The second kappa shape index (κ2) is 5.53. The zero-order valence-electron chi connectivity index (χ0n) is 10.5. The van der Waals surface area contributed by atoms with Crippen molar-refractivity contribution < 1.29 is 4.79 Å². The molecule has 1 aromatic heterocycles. The van der Waals surface area contributed by atoms with Crippen LogP contribution >= 0.6 is 11.3 Å². The van der Waals surface area contributed by atoms with Crippen molar-refractivity contribution in [3.05, 3.63) is 4.88 Å². The minimum absolute atomic E-state index is 0.0532. The SMILES string of the molecule is CCCNc1nc(N)c(C(=O)N2CCC(N)C2)s1. The molecule has 18 heavy (non-hydrogen) atoms. The van der Waals surface area contributed by atoms with Crippen LogP contribution in [0.4, 0.5) is 10.9 Å². The van der Waals surface area contributed by atoms with Crippen LogP contribution in [0.25, 0.3) is 0 Å². The van der Waals surface area contributed by atoms with Crippen LogP contribution in [-0.4, -0.2) is 41.5 Å². The second-order valence-corrected chi connectivity index (χ2v) is 5.46. The van der Waals surface area contributed by atoms with Crippen LogP contribution in [0, 0.1) is 0 Å². The summed E-state index contributed by atoms with van der Waals surface area (Å²) >= 11 is 1.32. The number of nitrogens with zero attached hydrogens (tertiary/aromatic N) is 2. The quantitative estimate of drug-likeness (QED) is 0.748. The molecule has 6 nitrogen and oxygen atoms in total. The van der Waals surface area contributed by atoms with Crippen LogP contribution in [0.3, 0.4) is 0 Å². The van der Waals surface area contributed by atoms with E-state index in [1.165, 1.54) is 11.3 Å². The van der Waals surface area contributed by atoms with Gasteiger partial charge in [-0.05, 0) is 12.8 Å². The zero-order valence-corrected chi connectivity index (χ0v) is 11.3. The highest BCUT2D eigenvalue weighted by Crippen LogP contribution is 2.27. The first-order valence-electron chi connectivity index (χ1n) is 6.16. The molecule has 5 N–H and O–H groups in total. The van der Waals surface area contributed by atoms with E-state index in [4.69, 9.17) is 11.5 Å². The second-order valence-electron chi connectivity index (χ2n) is 4.46. The maximum Gasteiger partial charge on any atom is 0.267 e. The third kappa shape index (κ3) is 2.73. The Morgan fingerprint density at radius 3 is 3.06 bits per heavy atom. The predicted octanol–water partition coefficient (Wildman–Crippen LogP) is 0.720. The molecule has 1 saturated heterocycles. The number of carbonyl (C=O) groups is 1. The van der Waals surface area contributed by atoms with E-state index < -0.39 is 0 Å². The molecule has 1 unspecified atom stereocenters. The van der Waals surface area contributed by atoms with E-state index >= 15 is 0 Å². The zero-order chi connectivity index (χ0) is 13.1. The lowest BCUT2D eigenvalue weighted by Crippen LogP contribution is -2.31. The number of likely N-dealkylation sites (tertiary alicyclic amines) is 1. The number of carbonyl (C=O) groups excluding carboxylic acids is 1. The summed E-state index contributed by atoms with van der Waals surface area (Å²) in [5.74, 6) is 0.256. The molecule has 0 saturated carbocycles. The van der Waals surface area contributed by atoms with Crippen molar-refractivity contribution in [2.75, 3.05) is 30.7 Å². The highest BCUT2D eigenvalue weighted by molar-refractivity contribution is 7.18. The molecule has 100 valence electrons. The van der Waals surface area contributed by atoms with Gasteiger partial charge in [0.15, 0.2) is 5.13 Å². The lowest BCUT2D eigenvalue weighted by atomic mass is 10.3. The monoisotopic (exact) mass is 269 g/mol. The van der Waals surface area contributed by atoms with Crippen molar-refractivity contribution in [1.29, 1.82) is 0 Å². The molecule has 0 aromatic carbocycles. The minimum atomic E-state index is -0.0532. The number of anilines is 2. The lowest BCUT2D eigenvalue weighted by molar-refractivity contribution is 0.0796. The summed E-state index contributed by atoms with van der Waals surface area (Å²) in [4.78, 5) is 18.7. The molecule has 1 amide bonds. The van der Waals surface area contributed by atoms with Gasteiger partial charge < -0.3 is 21.7 Å². The van der Waals surface area contributed by atoms with Gasteiger partial charge in [-0.15, -0.1) is 0 Å². The van der Waals surface area contributed by atoms with E-state index in [1.54, 1.807) is 4.90 Å². The summed E-state index contributed by atoms with van der Waals surface area (Å²) in [5, 5.41) is 3.85. The number of hydrogen-bond acceptors (Lipinski definition) is 6. The first-order valence-corrected chi connectivity index (χ1v) is 6.98. The van der Waals surface area contributed by atoms with E-state index in [-0.39, 0.29) is 11.9 Å². The molecule has 1 aromatic rings. The largest absolute Gasteiger partial charge is 0.382 e. The van der Waals surface area contributed by atoms with Crippen LogP contribution in [0.1, 0.15) is 29.4 Å². The molecule has 2 rings (SSSR count). The molecule has 1 aliphatic rings. The number of nitrogens with one attached hydrogen (secondary N) is 1. The van der Waals surface area contributed by atoms with Crippen molar-refractivity contribution >= 4 is 28.2 Å². The third-order valence-electron chi connectivity index (χ3n) is 2.89. The number of amides is 1. The number of nitrogens with two attached hydrogens (primary N) is 2. The molecule has 0 radical (unpaired) electrons. The van der Waals surface area contributed by atoms with Crippen LogP contribution in [0.2, 0.25) is 0 Å². The van der Waals surface area contributed by atoms with Gasteiger partial charge >= 0.3 is 0 Å². The summed E-state index contributed by atoms with van der Waals surface area (Å²) in [6, 6.07) is 0.0841. The Hall–Kier alpha value is -1.34. The van der Waals surface area contributed by atoms with Crippen molar-refractivity contribution in [3.8, 4) is 0 Å². The third-order valence-corrected chi connectivity index (χ3v) is 3.90. The van der Waals surface area contributed by atoms with Gasteiger partial charge in [0.2, 0.25) is 0 Å². The Morgan fingerprint density at radius 1 is 1.67 bits per heavy atom. The molecular formula is C11H19N5OS. The Labute approximate surface area is 110 Å². The maximum atomic E-state index is 12.2. The number of nitrogen functional groups attached to an aromatic ring is 1. The van der Waals surface area contributed by atoms with Crippen LogP contribution in [0.5, 0.6) is 0 Å². The van der Waals surface area contributed by atoms with Gasteiger partial charge in [0.25, 0.3) is 5.91 Å². The van der Waals surface area contributed by atoms with Gasteiger partial charge in [-0.25, -0.2) is 4.98 Å².